The zero-order valence-electron chi connectivity index (χ0n) is 19.7. The van der Waals surface area contributed by atoms with E-state index in [-0.39, 0.29) is 23.8 Å². The van der Waals surface area contributed by atoms with Gasteiger partial charge >= 0.3 is 5.97 Å². The first-order valence-electron chi connectivity index (χ1n) is 11.8. The Morgan fingerprint density at radius 3 is 2.97 bits per heavy atom. The molecule has 2 unspecified atom stereocenters. The predicted molar refractivity (Wildman–Crippen MR) is 138 cm³/mol. The SMILES string of the molecule is COc1ccc2ncc(F)c([C@H](O)CCC3CCN(CCSc4cccs4)CC3CC(=O)O)c2c1. The zero-order chi connectivity index (χ0) is 24.8. The molecule has 3 atom stereocenters. The highest BCUT2D eigenvalue weighted by atomic mass is 32.2. The van der Waals surface area contributed by atoms with E-state index in [1.54, 1.807) is 36.6 Å². The molecule has 3 heterocycles. The highest BCUT2D eigenvalue weighted by molar-refractivity contribution is 8.01. The lowest BCUT2D eigenvalue weighted by atomic mass is 9.79. The lowest BCUT2D eigenvalue weighted by molar-refractivity contribution is -0.139. The molecule has 1 aliphatic heterocycles. The van der Waals surface area contributed by atoms with E-state index in [4.69, 9.17) is 4.74 Å². The van der Waals surface area contributed by atoms with Gasteiger partial charge in [0, 0.05) is 36.2 Å². The molecule has 188 valence electrons. The number of hydrogen-bond donors (Lipinski definition) is 2. The Kier molecular flexibility index (Phi) is 8.99. The van der Waals surface area contributed by atoms with E-state index < -0.39 is 17.9 Å². The summed E-state index contributed by atoms with van der Waals surface area (Å²) in [6, 6.07) is 9.37. The number of hydrogen-bond acceptors (Lipinski definition) is 7. The third-order valence-electron chi connectivity index (χ3n) is 6.77. The summed E-state index contributed by atoms with van der Waals surface area (Å²) in [6.07, 6.45) is 2.14. The molecular formula is C26H31FN2O4S2. The fraction of sp³-hybridized carbons (Fsp3) is 0.462. The summed E-state index contributed by atoms with van der Waals surface area (Å²) in [5.74, 6) is 0.394. The molecule has 6 nitrogen and oxygen atoms in total. The molecule has 0 radical (unpaired) electrons. The largest absolute Gasteiger partial charge is 0.497 e. The highest BCUT2D eigenvalue weighted by Gasteiger charge is 2.31. The number of fused-ring (bicyclic) bond motifs is 1. The number of pyridine rings is 1. The number of nitrogens with zero attached hydrogens (tertiary/aromatic N) is 2. The van der Waals surface area contributed by atoms with Crippen LogP contribution in [0.4, 0.5) is 4.39 Å². The molecule has 1 saturated heterocycles. The molecule has 0 spiro atoms. The number of aliphatic hydroxyl groups excluding tert-OH is 1. The Bertz CT molecular complexity index is 1130. The van der Waals surface area contributed by atoms with Crippen molar-refractivity contribution in [1.82, 2.24) is 9.88 Å². The second kappa shape index (κ2) is 12.2. The highest BCUT2D eigenvalue weighted by Crippen LogP contribution is 2.36. The number of ether oxygens (including phenoxy) is 1. The molecule has 0 bridgehead atoms. The van der Waals surface area contributed by atoms with Gasteiger partial charge in [-0.05, 0) is 67.3 Å². The Hall–Kier alpha value is -2.20. The number of carboxylic acid groups (broad SMARTS) is 1. The number of piperidine rings is 1. The number of carbonyl (C=O) groups is 1. The third kappa shape index (κ3) is 6.73. The Balaban J connectivity index is 1.39. The maximum absolute atomic E-state index is 14.7. The van der Waals surface area contributed by atoms with Gasteiger partial charge in [-0.1, -0.05) is 6.07 Å². The van der Waals surface area contributed by atoms with Crippen LogP contribution in [0.5, 0.6) is 5.75 Å². The van der Waals surface area contributed by atoms with Crippen molar-refractivity contribution in [1.29, 1.82) is 0 Å². The summed E-state index contributed by atoms with van der Waals surface area (Å²) in [5, 5.41) is 23.1. The van der Waals surface area contributed by atoms with Crippen LogP contribution in [0, 0.1) is 17.7 Å². The molecule has 2 aromatic heterocycles. The number of aromatic nitrogens is 1. The van der Waals surface area contributed by atoms with Gasteiger partial charge < -0.3 is 19.8 Å². The number of aliphatic carboxylic acids is 1. The van der Waals surface area contributed by atoms with Crippen molar-refractivity contribution >= 4 is 40.0 Å². The van der Waals surface area contributed by atoms with Crippen LogP contribution in [-0.2, 0) is 4.79 Å². The van der Waals surface area contributed by atoms with Crippen molar-refractivity contribution in [3.05, 3.63) is 53.3 Å². The Morgan fingerprint density at radius 2 is 2.23 bits per heavy atom. The van der Waals surface area contributed by atoms with Crippen LogP contribution < -0.4 is 4.74 Å². The van der Waals surface area contributed by atoms with Crippen molar-refractivity contribution in [2.75, 3.05) is 32.5 Å². The average Bonchev–Trinajstić information content (AvgIpc) is 3.36. The van der Waals surface area contributed by atoms with Crippen molar-refractivity contribution < 1.29 is 24.1 Å². The fourth-order valence-electron chi connectivity index (χ4n) is 4.97. The molecule has 0 aliphatic carbocycles. The van der Waals surface area contributed by atoms with Crippen LogP contribution in [0.2, 0.25) is 0 Å². The van der Waals surface area contributed by atoms with Crippen molar-refractivity contribution in [3.63, 3.8) is 0 Å². The van der Waals surface area contributed by atoms with E-state index in [2.05, 4.69) is 21.3 Å². The number of carboxylic acids is 1. The van der Waals surface area contributed by atoms with Crippen LogP contribution in [0.1, 0.15) is 37.4 Å². The first-order chi connectivity index (χ1) is 16.9. The molecule has 3 aromatic rings. The maximum Gasteiger partial charge on any atom is 0.303 e. The molecule has 1 aromatic carbocycles. The Labute approximate surface area is 213 Å². The van der Waals surface area contributed by atoms with Crippen molar-refractivity contribution in [2.45, 2.75) is 36.0 Å². The van der Waals surface area contributed by atoms with Crippen molar-refractivity contribution in [3.8, 4) is 5.75 Å². The standard InChI is InChI=1S/C26H31FN2O4S2/c1-33-19-5-6-22-20(14-19)26(21(27)15-28-22)23(30)7-4-17-8-9-29(16-18(17)13-24(31)32)10-12-35-25-3-2-11-34-25/h2-3,5-6,11,14-15,17-18,23,30H,4,7-10,12-13,16H2,1H3,(H,31,32)/t17?,18?,23-/m1/s1. The van der Waals surface area contributed by atoms with E-state index in [0.29, 0.717) is 29.5 Å². The lowest BCUT2D eigenvalue weighted by Crippen LogP contribution is -2.42. The minimum Gasteiger partial charge on any atom is -0.497 e. The average molecular weight is 519 g/mol. The number of thioether (sulfide) groups is 1. The zero-order valence-corrected chi connectivity index (χ0v) is 21.4. The second-order valence-electron chi connectivity index (χ2n) is 8.98. The minimum atomic E-state index is -1.00. The number of likely N-dealkylation sites (tertiary alicyclic amines) is 1. The molecule has 0 saturated carbocycles. The summed E-state index contributed by atoms with van der Waals surface area (Å²) >= 11 is 3.57. The molecule has 4 rings (SSSR count). The van der Waals surface area contributed by atoms with E-state index >= 15 is 0 Å². The van der Waals surface area contributed by atoms with Gasteiger partial charge in [0.25, 0.3) is 0 Å². The Morgan fingerprint density at radius 1 is 1.37 bits per heavy atom. The second-order valence-corrected chi connectivity index (χ2v) is 11.3. The van der Waals surface area contributed by atoms with Gasteiger partial charge in [0.05, 0.1) is 29.1 Å². The van der Waals surface area contributed by atoms with E-state index in [1.807, 2.05) is 17.8 Å². The maximum atomic E-state index is 14.7. The summed E-state index contributed by atoms with van der Waals surface area (Å²) in [4.78, 5) is 18.0. The topological polar surface area (TPSA) is 82.9 Å². The van der Waals surface area contributed by atoms with Crippen LogP contribution >= 0.6 is 23.1 Å². The molecular weight excluding hydrogens is 487 g/mol. The number of thiophene rings is 1. The van der Waals surface area contributed by atoms with Gasteiger partial charge in [-0.3, -0.25) is 9.78 Å². The fourth-order valence-corrected chi connectivity index (χ4v) is 6.83. The van der Waals surface area contributed by atoms with E-state index in [9.17, 15) is 19.4 Å². The molecule has 2 N–H and O–H groups in total. The van der Waals surface area contributed by atoms with E-state index in [1.165, 1.54) is 4.21 Å². The van der Waals surface area contributed by atoms with Crippen LogP contribution in [0.25, 0.3) is 10.9 Å². The van der Waals surface area contributed by atoms with Gasteiger partial charge in [0.2, 0.25) is 0 Å². The summed E-state index contributed by atoms with van der Waals surface area (Å²) in [5.41, 5.74) is 0.824. The smallest absolute Gasteiger partial charge is 0.303 e. The van der Waals surface area contributed by atoms with Gasteiger partial charge in [0.15, 0.2) is 0 Å². The van der Waals surface area contributed by atoms with Gasteiger partial charge in [0.1, 0.15) is 11.6 Å². The molecule has 35 heavy (non-hydrogen) atoms. The molecule has 9 heteroatoms. The summed E-state index contributed by atoms with van der Waals surface area (Å²) in [7, 11) is 1.54. The number of halogens is 1. The number of aliphatic hydroxyl groups is 1. The monoisotopic (exact) mass is 518 g/mol. The number of rotatable bonds is 11. The first-order valence-corrected chi connectivity index (χ1v) is 13.7. The normalized spacial score (nSPS) is 19.6. The predicted octanol–water partition coefficient (Wildman–Crippen LogP) is 5.46. The van der Waals surface area contributed by atoms with Gasteiger partial charge in [-0.2, -0.15) is 0 Å². The molecule has 1 fully saturated rings. The number of benzene rings is 1. The summed E-state index contributed by atoms with van der Waals surface area (Å²) in [6.45, 7) is 2.57. The first kappa shape index (κ1) is 25.9. The van der Waals surface area contributed by atoms with Crippen LogP contribution in [0.3, 0.4) is 0 Å². The van der Waals surface area contributed by atoms with Crippen molar-refractivity contribution in [2.24, 2.45) is 11.8 Å². The molecule has 1 aliphatic rings. The van der Waals surface area contributed by atoms with Gasteiger partial charge in [-0.25, -0.2) is 4.39 Å². The van der Waals surface area contributed by atoms with E-state index in [0.717, 1.165) is 38.0 Å². The quantitative estimate of drug-likeness (QED) is 0.326. The van der Waals surface area contributed by atoms with Crippen LogP contribution in [0.15, 0.2) is 46.1 Å². The van der Waals surface area contributed by atoms with Gasteiger partial charge in [-0.15, -0.1) is 23.1 Å². The third-order valence-corrected chi connectivity index (χ3v) is 8.88. The summed E-state index contributed by atoms with van der Waals surface area (Å²) < 4.78 is 21.3. The lowest BCUT2D eigenvalue weighted by Gasteiger charge is -2.38. The minimum absolute atomic E-state index is 0.0133. The van der Waals surface area contributed by atoms with Crippen LogP contribution in [-0.4, -0.2) is 58.6 Å². The molecule has 0 amide bonds. The number of methoxy groups -OCH3 is 1.